The van der Waals surface area contributed by atoms with Gasteiger partial charge in [-0.3, -0.25) is 14.7 Å². The summed E-state index contributed by atoms with van der Waals surface area (Å²) in [7, 11) is 1.59. The summed E-state index contributed by atoms with van der Waals surface area (Å²) in [5.74, 6) is -0.509. The van der Waals surface area contributed by atoms with E-state index in [2.05, 4.69) is 5.10 Å². The number of pyridine rings is 1. The summed E-state index contributed by atoms with van der Waals surface area (Å²) in [5.41, 5.74) is 0.473. The number of hydrogen-bond acceptors (Lipinski definition) is 2. The number of aryl methyl sites for hydroxylation is 1. The molecule has 0 saturated carbocycles. The fourth-order valence-electron chi connectivity index (χ4n) is 2.26. The quantitative estimate of drug-likeness (QED) is 0.729. The van der Waals surface area contributed by atoms with Crippen LogP contribution in [0, 0.1) is 12.7 Å². The van der Waals surface area contributed by atoms with Crippen LogP contribution in [0.4, 0.5) is 4.39 Å². The lowest BCUT2D eigenvalue weighted by Gasteiger charge is -2.01. The summed E-state index contributed by atoms with van der Waals surface area (Å²) < 4.78 is 16.3. The third-order valence-corrected chi connectivity index (χ3v) is 3.48. The lowest BCUT2D eigenvalue weighted by Crippen LogP contribution is -2.20. The van der Waals surface area contributed by atoms with Crippen LogP contribution in [0.5, 0.6) is 0 Å². The maximum atomic E-state index is 13.8. The van der Waals surface area contributed by atoms with Gasteiger partial charge in [0.15, 0.2) is 0 Å². The molecule has 1 aromatic carbocycles. The summed E-state index contributed by atoms with van der Waals surface area (Å²) in [4.78, 5) is 24.2. The van der Waals surface area contributed by atoms with Crippen molar-refractivity contribution in [3.63, 3.8) is 0 Å². The van der Waals surface area contributed by atoms with Crippen LogP contribution in [0.25, 0.3) is 16.6 Å². The molecular weight excluding hydrogens is 261 g/mol. The lowest BCUT2D eigenvalue weighted by atomic mass is 10.2. The van der Waals surface area contributed by atoms with Crippen molar-refractivity contribution in [3.05, 3.63) is 62.6 Å². The van der Waals surface area contributed by atoms with Crippen molar-refractivity contribution in [3.8, 4) is 5.69 Å². The van der Waals surface area contributed by atoms with Gasteiger partial charge in [0.25, 0.3) is 11.1 Å². The number of fused-ring (bicyclic) bond motifs is 1. The first kappa shape index (κ1) is 12.4. The number of hydrogen-bond donors (Lipinski definition) is 1. The highest BCUT2D eigenvalue weighted by Crippen LogP contribution is 2.14. The van der Waals surface area contributed by atoms with Crippen molar-refractivity contribution in [1.82, 2.24) is 14.3 Å². The third kappa shape index (κ3) is 1.61. The largest absolute Gasteiger partial charge is 0.315 e. The highest BCUT2D eigenvalue weighted by molar-refractivity contribution is 5.80. The first-order valence-electron chi connectivity index (χ1n) is 6.07. The maximum absolute atomic E-state index is 13.8. The fraction of sp³-hybridized carbons (Fsp3) is 0.143. The molecule has 102 valence electrons. The zero-order valence-corrected chi connectivity index (χ0v) is 11.0. The average molecular weight is 273 g/mol. The number of aromatic nitrogens is 3. The summed E-state index contributed by atoms with van der Waals surface area (Å²) in [6.07, 6.45) is 0. The molecule has 2 aromatic heterocycles. The summed E-state index contributed by atoms with van der Waals surface area (Å²) in [5, 5.41) is 3.17. The van der Waals surface area contributed by atoms with E-state index in [4.69, 9.17) is 0 Å². The van der Waals surface area contributed by atoms with E-state index in [9.17, 15) is 14.0 Å². The van der Waals surface area contributed by atoms with Gasteiger partial charge in [0.1, 0.15) is 11.5 Å². The lowest BCUT2D eigenvalue weighted by molar-refractivity contribution is 0.609. The Morgan fingerprint density at radius 2 is 1.90 bits per heavy atom. The van der Waals surface area contributed by atoms with Crippen molar-refractivity contribution in [2.24, 2.45) is 7.05 Å². The second-order valence-corrected chi connectivity index (χ2v) is 4.62. The van der Waals surface area contributed by atoms with Crippen molar-refractivity contribution in [2.75, 3.05) is 0 Å². The van der Waals surface area contributed by atoms with E-state index in [1.807, 2.05) is 0 Å². The van der Waals surface area contributed by atoms with Crippen LogP contribution >= 0.6 is 0 Å². The molecule has 0 fully saturated rings. The number of nitrogens with one attached hydrogen (secondary N) is 1. The van der Waals surface area contributed by atoms with E-state index in [1.165, 1.54) is 22.8 Å². The minimum Gasteiger partial charge on any atom is -0.315 e. The molecule has 0 aliphatic carbocycles. The van der Waals surface area contributed by atoms with E-state index < -0.39 is 5.82 Å². The Morgan fingerprint density at radius 3 is 2.60 bits per heavy atom. The molecule has 0 aliphatic heterocycles. The summed E-state index contributed by atoms with van der Waals surface area (Å²) >= 11 is 0. The zero-order chi connectivity index (χ0) is 14.4. The molecule has 0 radical (unpaired) electrons. The van der Waals surface area contributed by atoms with E-state index in [1.54, 1.807) is 26.1 Å². The van der Waals surface area contributed by atoms with Crippen LogP contribution in [0.1, 0.15) is 5.69 Å². The number of benzene rings is 1. The van der Waals surface area contributed by atoms with Crippen LogP contribution in [0.2, 0.25) is 0 Å². The van der Waals surface area contributed by atoms with E-state index in [-0.39, 0.29) is 16.8 Å². The minimum atomic E-state index is -0.509. The van der Waals surface area contributed by atoms with E-state index in [0.717, 1.165) is 4.68 Å². The predicted molar refractivity (Wildman–Crippen MR) is 73.8 cm³/mol. The Balaban J connectivity index is 2.44. The summed E-state index contributed by atoms with van der Waals surface area (Å²) in [6, 6.07) is 7.30. The maximum Gasteiger partial charge on any atom is 0.280 e. The highest BCUT2D eigenvalue weighted by atomic mass is 19.1. The van der Waals surface area contributed by atoms with Crippen LogP contribution < -0.4 is 11.1 Å². The van der Waals surface area contributed by atoms with Crippen molar-refractivity contribution < 1.29 is 4.39 Å². The number of H-pyrrole nitrogens is 1. The normalized spacial score (nSPS) is 11.2. The number of halogens is 1. The first-order chi connectivity index (χ1) is 9.50. The topological polar surface area (TPSA) is 59.8 Å². The molecule has 0 aliphatic rings. The van der Waals surface area contributed by atoms with Crippen LogP contribution in [0.3, 0.4) is 0 Å². The van der Waals surface area contributed by atoms with Gasteiger partial charge in [-0.2, -0.15) is 0 Å². The molecule has 20 heavy (non-hydrogen) atoms. The van der Waals surface area contributed by atoms with Gasteiger partial charge in [0, 0.05) is 18.8 Å². The van der Waals surface area contributed by atoms with Crippen molar-refractivity contribution in [1.29, 1.82) is 0 Å². The molecule has 3 aromatic rings. The SMILES string of the molecule is Cc1c2c(=O)n(-c3ccccc3F)[nH]c2cc(=O)n1C. The molecule has 3 rings (SSSR count). The van der Waals surface area contributed by atoms with Gasteiger partial charge in [-0.25, -0.2) is 9.07 Å². The molecule has 0 atom stereocenters. The van der Waals surface area contributed by atoms with Gasteiger partial charge in [-0.1, -0.05) is 12.1 Å². The fourth-order valence-corrected chi connectivity index (χ4v) is 2.26. The first-order valence-corrected chi connectivity index (χ1v) is 6.07. The second-order valence-electron chi connectivity index (χ2n) is 4.62. The zero-order valence-electron chi connectivity index (χ0n) is 11.0. The molecule has 6 heteroatoms. The van der Waals surface area contributed by atoms with Crippen molar-refractivity contribution in [2.45, 2.75) is 6.92 Å². The van der Waals surface area contributed by atoms with Gasteiger partial charge in [-0.15, -0.1) is 0 Å². The molecule has 2 heterocycles. The van der Waals surface area contributed by atoms with Crippen LogP contribution in [0.15, 0.2) is 39.9 Å². The van der Waals surface area contributed by atoms with Crippen LogP contribution in [-0.4, -0.2) is 14.3 Å². The molecule has 0 spiro atoms. The number of rotatable bonds is 1. The standard InChI is InChI=1S/C14H12FN3O2/c1-8-13-10(7-12(19)17(8)2)16-18(14(13)20)11-6-4-3-5-9(11)15/h3-7,16H,1-2H3. The molecular formula is C14H12FN3O2. The van der Waals surface area contributed by atoms with Crippen LogP contribution in [-0.2, 0) is 7.05 Å². The van der Waals surface area contributed by atoms with Gasteiger partial charge in [-0.05, 0) is 19.1 Å². The van der Waals surface area contributed by atoms with E-state index in [0.29, 0.717) is 16.6 Å². The Labute approximate surface area is 112 Å². The van der Waals surface area contributed by atoms with Crippen molar-refractivity contribution >= 4 is 10.9 Å². The Bertz CT molecular complexity index is 934. The second kappa shape index (κ2) is 4.19. The molecule has 0 bridgehead atoms. The number of para-hydroxylation sites is 1. The van der Waals surface area contributed by atoms with Gasteiger partial charge >= 0.3 is 0 Å². The van der Waals surface area contributed by atoms with Gasteiger partial charge in [0.05, 0.1) is 10.9 Å². The Kier molecular flexibility index (Phi) is 2.60. The average Bonchev–Trinajstić information content (AvgIpc) is 2.74. The Morgan fingerprint density at radius 1 is 1.20 bits per heavy atom. The highest BCUT2D eigenvalue weighted by Gasteiger charge is 2.15. The summed E-state index contributed by atoms with van der Waals surface area (Å²) in [6.45, 7) is 1.69. The Hall–Kier alpha value is -2.63. The molecule has 0 unspecified atom stereocenters. The predicted octanol–water partition coefficient (Wildman–Crippen LogP) is 1.47. The monoisotopic (exact) mass is 273 g/mol. The third-order valence-electron chi connectivity index (χ3n) is 3.48. The minimum absolute atomic E-state index is 0.128. The molecule has 1 N–H and O–H groups in total. The molecule has 0 amide bonds. The number of aromatic amines is 1. The molecule has 0 saturated heterocycles. The smallest absolute Gasteiger partial charge is 0.280 e. The molecule has 5 nitrogen and oxygen atoms in total. The van der Waals surface area contributed by atoms with Gasteiger partial charge in [0.2, 0.25) is 0 Å². The number of nitrogens with zero attached hydrogens (tertiary/aromatic N) is 2. The van der Waals surface area contributed by atoms with E-state index >= 15 is 0 Å². The van der Waals surface area contributed by atoms with Gasteiger partial charge < -0.3 is 4.57 Å².